The standard InChI is InChI=1S/C15H24N2O4/c1-15(2,14(16)19)10-17-8-11(18)9-21-13-7-5-4-6-12(13)20-3/h4-7,11,17-18H,8-10H2,1-3H3,(H2,16,19). The number of para-hydroxylation sites is 2. The van der Waals surface area contributed by atoms with Crippen LogP contribution < -0.4 is 20.5 Å². The lowest BCUT2D eigenvalue weighted by molar-refractivity contribution is -0.125. The second kappa shape index (κ2) is 7.85. The molecule has 0 aliphatic rings. The molecule has 0 aromatic heterocycles. The van der Waals surface area contributed by atoms with Crippen LogP contribution in [0.15, 0.2) is 24.3 Å². The summed E-state index contributed by atoms with van der Waals surface area (Å²) in [4.78, 5) is 11.2. The molecule has 1 rings (SSSR count). The van der Waals surface area contributed by atoms with Gasteiger partial charge in [-0.25, -0.2) is 0 Å². The highest BCUT2D eigenvalue weighted by Crippen LogP contribution is 2.25. The van der Waals surface area contributed by atoms with Crippen LogP contribution in [-0.4, -0.2) is 43.9 Å². The molecular weight excluding hydrogens is 272 g/mol. The fourth-order valence-corrected chi connectivity index (χ4v) is 1.62. The number of amides is 1. The van der Waals surface area contributed by atoms with Crippen molar-refractivity contribution in [3.8, 4) is 11.5 Å². The van der Waals surface area contributed by atoms with E-state index in [1.165, 1.54) is 0 Å². The quantitative estimate of drug-likeness (QED) is 0.618. The van der Waals surface area contributed by atoms with E-state index in [1.807, 2.05) is 12.1 Å². The van der Waals surface area contributed by atoms with Crippen LogP contribution in [0.5, 0.6) is 11.5 Å². The van der Waals surface area contributed by atoms with Gasteiger partial charge in [0.05, 0.1) is 12.5 Å². The average molecular weight is 296 g/mol. The zero-order valence-corrected chi connectivity index (χ0v) is 12.8. The molecule has 0 aliphatic heterocycles. The Kier molecular flexibility index (Phi) is 6.45. The lowest BCUT2D eigenvalue weighted by Gasteiger charge is -2.22. The van der Waals surface area contributed by atoms with Crippen molar-refractivity contribution in [3.05, 3.63) is 24.3 Å². The molecule has 1 amide bonds. The zero-order valence-electron chi connectivity index (χ0n) is 12.8. The molecule has 6 heteroatoms. The topological polar surface area (TPSA) is 93.8 Å². The van der Waals surface area contributed by atoms with Gasteiger partial charge in [-0.1, -0.05) is 12.1 Å². The Bertz CT molecular complexity index is 463. The number of hydrogen-bond acceptors (Lipinski definition) is 5. The predicted molar refractivity (Wildman–Crippen MR) is 80.3 cm³/mol. The summed E-state index contributed by atoms with van der Waals surface area (Å²) in [6, 6.07) is 7.23. The Morgan fingerprint density at radius 3 is 2.57 bits per heavy atom. The molecule has 0 heterocycles. The number of methoxy groups -OCH3 is 1. The predicted octanol–water partition coefficient (Wildman–Crippen LogP) is 0.536. The van der Waals surface area contributed by atoms with Gasteiger partial charge in [-0.05, 0) is 26.0 Å². The Morgan fingerprint density at radius 1 is 1.38 bits per heavy atom. The van der Waals surface area contributed by atoms with Crippen molar-refractivity contribution < 1.29 is 19.4 Å². The van der Waals surface area contributed by atoms with Crippen molar-refractivity contribution in [2.45, 2.75) is 20.0 Å². The third kappa shape index (κ3) is 5.61. The molecular formula is C15H24N2O4. The molecule has 6 nitrogen and oxygen atoms in total. The minimum atomic E-state index is -0.696. The number of ether oxygens (including phenoxy) is 2. The summed E-state index contributed by atoms with van der Waals surface area (Å²) in [5.74, 6) is 0.818. The number of nitrogens with two attached hydrogens (primary N) is 1. The number of aliphatic hydroxyl groups excluding tert-OH is 1. The average Bonchev–Trinajstić information content (AvgIpc) is 2.45. The Labute approximate surface area is 125 Å². The molecule has 0 radical (unpaired) electrons. The Balaban J connectivity index is 2.34. The van der Waals surface area contributed by atoms with Crippen molar-refractivity contribution in [1.82, 2.24) is 5.32 Å². The molecule has 0 bridgehead atoms. The molecule has 0 fully saturated rings. The number of carbonyl (C=O) groups excluding carboxylic acids is 1. The van der Waals surface area contributed by atoms with E-state index in [4.69, 9.17) is 15.2 Å². The lowest BCUT2D eigenvalue weighted by atomic mass is 9.93. The summed E-state index contributed by atoms with van der Waals surface area (Å²) in [5.41, 5.74) is 4.62. The third-order valence-electron chi connectivity index (χ3n) is 3.11. The molecule has 118 valence electrons. The summed E-state index contributed by atoms with van der Waals surface area (Å²) < 4.78 is 10.7. The second-order valence-corrected chi connectivity index (χ2v) is 5.49. The smallest absolute Gasteiger partial charge is 0.224 e. The van der Waals surface area contributed by atoms with Gasteiger partial charge in [-0.3, -0.25) is 4.79 Å². The van der Waals surface area contributed by atoms with Crippen molar-refractivity contribution >= 4 is 5.91 Å². The first-order valence-electron chi connectivity index (χ1n) is 6.81. The van der Waals surface area contributed by atoms with Crippen LogP contribution in [0.25, 0.3) is 0 Å². The molecule has 21 heavy (non-hydrogen) atoms. The Morgan fingerprint density at radius 2 is 2.00 bits per heavy atom. The van der Waals surface area contributed by atoms with Crippen LogP contribution in [0.1, 0.15) is 13.8 Å². The second-order valence-electron chi connectivity index (χ2n) is 5.49. The summed E-state index contributed by atoms with van der Waals surface area (Å²) in [6.07, 6.45) is -0.696. The van der Waals surface area contributed by atoms with Crippen LogP contribution in [0.3, 0.4) is 0 Å². The van der Waals surface area contributed by atoms with E-state index in [9.17, 15) is 9.90 Å². The monoisotopic (exact) mass is 296 g/mol. The zero-order chi connectivity index (χ0) is 15.9. The summed E-state index contributed by atoms with van der Waals surface area (Å²) in [7, 11) is 1.56. The fraction of sp³-hybridized carbons (Fsp3) is 0.533. The van der Waals surface area contributed by atoms with Crippen LogP contribution in [-0.2, 0) is 4.79 Å². The first kappa shape index (κ1) is 17.3. The number of aliphatic hydroxyl groups is 1. The molecule has 1 unspecified atom stereocenters. The highest BCUT2D eigenvalue weighted by molar-refractivity contribution is 5.80. The molecule has 4 N–H and O–H groups in total. The summed E-state index contributed by atoms with van der Waals surface area (Å²) in [6.45, 7) is 4.34. The van der Waals surface area contributed by atoms with Gasteiger partial charge in [0, 0.05) is 13.1 Å². The minimum Gasteiger partial charge on any atom is -0.493 e. The van der Waals surface area contributed by atoms with Gasteiger partial charge in [-0.15, -0.1) is 0 Å². The molecule has 1 aromatic carbocycles. The van der Waals surface area contributed by atoms with Crippen LogP contribution in [0, 0.1) is 5.41 Å². The number of rotatable bonds is 9. The Hall–Kier alpha value is -1.79. The van der Waals surface area contributed by atoms with Gasteiger partial charge in [-0.2, -0.15) is 0 Å². The SMILES string of the molecule is COc1ccccc1OCC(O)CNCC(C)(C)C(N)=O. The highest BCUT2D eigenvalue weighted by Gasteiger charge is 2.24. The molecule has 0 saturated heterocycles. The lowest BCUT2D eigenvalue weighted by Crippen LogP contribution is -2.43. The normalized spacial score (nSPS) is 12.8. The van der Waals surface area contributed by atoms with Gasteiger partial charge in [0.1, 0.15) is 12.7 Å². The van der Waals surface area contributed by atoms with Crippen LogP contribution in [0.4, 0.5) is 0 Å². The maximum Gasteiger partial charge on any atom is 0.224 e. The highest BCUT2D eigenvalue weighted by atomic mass is 16.5. The summed E-state index contributed by atoms with van der Waals surface area (Å²) >= 11 is 0. The number of hydrogen-bond donors (Lipinski definition) is 3. The minimum absolute atomic E-state index is 0.129. The van der Waals surface area contributed by atoms with E-state index in [1.54, 1.807) is 33.1 Å². The fourth-order valence-electron chi connectivity index (χ4n) is 1.62. The van der Waals surface area contributed by atoms with E-state index < -0.39 is 11.5 Å². The maximum atomic E-state index is 11.2. The van der Waals surface area contributed by atoms with Crippen LogP contribution in [0.2, 0.25) is 0 Å². The van der Waals surface area contributed by atoms with Gasteiger partial charge in [0.25, 0.3) is 0 Å². The van der Waals surface area contributed by atoms with Crippen molar-refractivity contribution in [1.29, 1.82) is 0 Å². The molecule has 1 aromatic rings. The third-order valence-corrected chi connectivity index (χ3v) is 3.11. The maximum absolute atomic E-state index is 11.2. The van der Waals surface area contributed by atoms with E-state index >= 15 is 0 Å². The van der Waals surface area contributed by atoms with E-state index in [-0.39, 0.29) is 12.5 Å². The van der Waals surface area contributed by atoms with Crippen LogP contribution >= 0.6 is 0 Å². The first-order chi connectivity index (χ1) is 9.86. The summed E-state index contributed by atoms with van der Waals surface area (Å²) in [5, 5.41) is 12.9. The largest absolute Gasteiger partial charge is 0.493 e. The molecule has 1 atom stereocenters. The molecule has 0 spiro atoms. The van der Waals surface area contributed by atoms with E-state index in [0.29, 0.717) is 24.6 Å². The van der Waals surface area contributed by atoms with Gasteiger partial charge >= 0.3 is 0 Å². The number of nitrogens with one attached hydrogen (secondary N) is 1. The van der Waals surface area contributed by atoms with Crippen molar-refractivity contribution in [2.75, 3.05) is 26.8 Å². The van der Waals surface area contributed by atoms with Gasteiger partial charge in [0.15, 0.2) is 11.5 Å². The van der Waals surface area contributed by atoms with Crippen molar-refractivity contribution in [2.24, 2.45) is 11.1 Å². The number of benzene rings is 1. The van der Waals surface area contributed by atoms with Crippen molar-refractivity contribution in [3.63, 3.8) is 0 Å². The number of primary amides is 1. The van der Waals surface area contributed by atoms with Gasteiger partial charge < -0.3 is 25.6 Å². The molecule has 0 aliphatic carbocycles. The van der Waals surface area contributed by atoms with E-state index in [0.717, 1.165) is 0 Å². The number of carbonyl (C=O) groups is 1. The van der Waals surface area contributed by atoms with E-state index in [2.05, 4.69) is 5.32 Å². The first-order valence-corrected chi connectivity index (χ1v) is 6.81. The molecule has 0 saturated carbocycles. The van der Waals surface area contributed by atoms with Gasteiger partial charge in [0.2, 0.25) is 5.91 Å².